The first-order valence-electron chi connectivity index (χ1n) is 5.76. The molecule has 2 heterocycles. The molecule has 1 fully saturated rings. The van der Waals surface area contributed by atoms with Crippen LogP contribution in [0.2, 0.25) is 0 Å². The first-order valence-corrected chi connectivity index (χ1v) is 5.76. The van der Waals surface area contributed by atoms with Gasteiger partial charge in [-0.05, 0) is 6.07 Å². The molecule has 110 valence electrons. The van der Waals surface area contributed by atoms with Crippen LogP contribution in [0.1, 0.15) is 12.6 Å². The molecule has 0 saturated carbocycles. The van der Waals surface area contributed by atoms with E-state index in [4.69, 9.17) is 9.84 Å². The van der Waals surface area contributed by atoms with Crippen molar-refractivity contribution >= 4 is 11.9 Å². The standard InChI is InChI=1S/C10H14N4O6/c11-20-10(18)13-7-1-2-14(9(17)12-7)8-6(16)3-5(4-15)19-8/h1-2,5-6,8,15-16H,3-4,11H2,(H,12,13,17,18). The van der Waals surface area contributed by atoms with E-state index in [0.29, 0.717) is 0 Å². The SMILES string of the molecule is NOC(=O)Nc1ccn(C2OC(CO)CC2O)c(=O)n1. The Morgan fingerprint density at radius 2 is 2.45 bits per heavy atom. The molecule has 3 atom stereocenters. The average molecular weight is 286 g/mol. The lowest BCUT2D eigenvalue weighted by molar-refractivity contribution is -0.0529. The quantitative estimate of drug-likeness (QED) is 0.481. The van der Waals surface area contributed by atoms with E-state index in [1.165, 1.54) is 12.3 Å². The van der Waals surface area contributed by atoms with Crippen LogP contribution in [0.3, 0.4) is 0 Å². The van der Waals surface area contributed by atoms with Crippen molar-refractivity contribution in [2.75, 3.05) is 11.9 Å². The van der Waals surface area contributed by atoms with Crippen molar-refractivity contribution in [3.63, 3.8) is 0 Å². The van der Waals surface area contributed by atoms with Crippen molar-refractivity contribution in [2.45, 2.75) is 24.9 Å². The predicted octanol–water partition coefficient (Wildman–Crippen LogP) is -1.69. The number of aliphatic hydroxyl groups is 2. The van der Waals surface area contributed by atoms with Crippen LogP contribution in [0.5, 0.6) is 0 Å². The van der Waals surface area contributed by atoms with Crippen molar-refractivity contribution in [1.29, 1.82) is 0 Å². The molecule has 0 spiro atoms. The van der Waals surface area contributed by atoms with E-state index in [2.05, 4.69) is 21.0 Å². The van der Waals surface area contributed by atoms with Crippen LogP contribution >= 0.6 is 0 Å². The lowest BCUT2D eigenvalue weighted by Gasteiger charge is -2.17. The van der Waals surface area contributed by atoms with Crippen LogP contribution in [0, 0.1) is 0 Å². The summed E-state index contributed by atoms with van der Waals surface area (Å²) in [5.74, 6) is 4.59. The zero-order chi connectivity index (χ0) is 14.7. The monoisotopic (exact) mass is 286 g/mol. The average Bonchev–Trinajstić information content (AvgIpc) is 2.80. The van der Waals surface area contributed by atoms with E-state index in [9.17, 15) is 14.7 Å². The smallest absolute Gasteiger partial charge is 0.394 e. The zero-order valence-electron chi connectivity index (χ0n) is 10.3. The first kappa shape index (κ1) is 14.4. The fraction of sp³-hybridized carbons (Fsp3) is 0.500. The Hall–Kier alpha value is -2.01. The third-order valence-corrected chi connectivity index (χ3v) is 2.81. The number of nitrogens with two attached hydrogens (primary N) is 1. The largest absolute Gasteiger partial charge is 0.431 e. The highest BCUT2D eigenvalue weighted by Crippen LogP contribution is 2.27. The lowest BCUT2D eigenvalue weighted by atomic mass is 10.2. The number of rotatable bonds is 3. The number of aliphatic hydroxyl groups excluding tert-OH is 2. The van der Waals surface area contributed by atoms with Gasteiger partial charge in [0.05, 0.1) is 12.7 Å². The first-order chi connectivity index (χ1) is 9.55. The van der Waals surface area contributed by atoms with Gasteiger partial charge in [0.2, 0.25) is 0 Å². The minimum atomic E-state index is -0.966. The molecule has 20 heavy (non-hydrogen) atoms. The normalized spacial score (nSPS) is 25.4. The van der Waals surface area contributed by atoms with Gasteiger partial charge < -0.3 is 19.8 Å². The number of aromatic nitrogens is 2. The van der Waals surface area contributed by atoms with E-state index in [1.54, 1.807) is 0 Å². The summed E-state index contributed by atoms with van der Waals surface area (Å²) in [7, 11) is 0. The van der Waals surface area contributed by atoms with Crippen LogP contribution in [-0.2, 0) is 9.57 Å². The molecule has 1 amide bonds. The summed E-state index contributed by atoms with van der Waals surface area (Å²) in [4.78, 5) is 30.1. The molecule has 0 aliphatic carbocycles. The van der Waals surface area contributed by atoms with Gasteiger partial charge in [0.15, 0.2) is 6.23 Å². The number of amides is 1. The van der Waals surface area contributed by atoms with E-state index >= 15 is 0 Å². The van der Waals surface area contributed by atoms with Crippen LogP contribution in [-0.4, -0.2) is 44.7 Å². The number of ether oxygens (including phenoxy) is 1. The van der Waals surface area contributed by atoms with Gasteiger partial charge in [0.25, 0.3) is 0 Å². The summed E-state index contributed by atoms with van der Waals surface area (Å²) < 4.78 is 6.39. The Morgan fingerprint density at radius 3 is 3.00 bits per heavy atom. The maximum absolute atomic E-state index is 11.8. The molecule has 10 nitrogen and oxygen atoms in total. The number of carbonyl (C=O) groups excluding carboxylic acids is 1. The Balaban J connectivity index is 2.18. The molecule has 0 bridgehead atoms. The van der Waals surface area contributed by atoms with E-state index in [1.807, 2.05) is 0 Å². The van der Waals surface area contributed by atoms with Gasteiger partial charge >= 0.3 is 11.8 Å². The fourth-order valence-electron chi connectivity index (χ4n) is 1.91. The number of hydrogen-bond donors (Lipinski definition) is 4. The second kappa shape index (κ2) is 5.96. The highest BCUT2D eigenvalue weighted by molar-refractivity contribution is 5.82. The molecule has 1 saturated heterocycles. The highest BCUT2D eigenvalue weighted by atomic mass is 16.7. The lowest BCUT2D eigenvalue weighted by Crippen LogP contribution is -2.32. The molecule has 1 aliphatic heterocycles. The van der Waals surface area contributed by atoms with Crippen molar-refractivity contribution < 1.29 is 24.6 Å². The van der Waals surface area contributed by atoms with Crippen LogP contribution in [0.15, 0.2) is 17.1 Å². The Kier molecular flexibility index (Phi) is 4.29. The predicted molar refractivity (Wildman–Crippen MR) is 64.4 cm³/mol. The Bertz CT molecular complexity index is 547. The van der Waals surface area contributed by atoms with Crippen molar-refractivity contribution in [3.05, 3.63) is 22.7 Å². The van der Waals surface area contributed by atoms with Crippen molar-refractivity contribution in [1.82, 2.24) is 9.55 Å². The third-order valence-electron chi connectivity index (χ3n) is 2.81. The van der Waals surface area contributed by atoms with E-state index in [0.717, 1.165) is 4.57 Å². The van der Waals surface area contributed by atoms with Crippen molar-refractivity contribution in [2.24, 2.45) is 5.90 Å². The molecule has 1 aliphatic rings. The van der Waals surface area contributed by atoms with Crippen LogP contribution in [0.4, 0.5) is 10.6 Å². The maximum Gasteiger partial charge on any atom is 0.431 e. The molecule has 0 radical (unpaired) electrons. The molecule has 3 unspecified atom stereocenters. The molecule has 5 N–H and O–H groups in total. The number of carbonyl (C=O) groups is 1. The number of nitrogens with zero attached hydrogens (tertiary/aromatic N) is 2. The van der Waals surface area contributed by atoms with Crippen molar-refractivity contribution in [3.8, 4) is 0 Å². The second-order valence-electron chi connectivity index (χ2n) is 4.17. The van der Waals surface area contributed by atoms with Crippen LogP contribution in [0.25, 0.3) is 0 Å². The number of hydrogen-bond acceptors (Lipinski definition) is 8. The number of anilines is 1. The molecular formula is C10H14N4O6. The van der Waals surface area contributed by atoms with Gasteiger partial charge in [-0.15, -0.1) is 0 Å². The summed E-state index contributed by atoms with van der Waals surface area (Å²) in [6, 6.07) is 1.32. The van der Waals surface area contributed by atoms with Gasteiger partial charge in [-0.3, -0.25) is 9.88 Å². The van der Waals surface area contributed by atoms with Gasteiger partial charge in [0.1, 0.15) is 11.9 Å². The third kappa shape index (κ3) is 2.93. The Labute approximate surface area is 112 Å². The molecule has 1 aromatic heterocycles. The number of nitrogens with one attached hydrogen (secondary N) is 1. The van der Waals surface area contributed by atoms with E-state index in [-0.39, 0.29) is 18.8 Å². The fourth-order valence-corrected chi connectivity index (χ4v) is 1.91. The molecule has 10 heteroatoms. The molecule has 0 aromatic carbocycles. The molecule has 2 rings (SSSR count). The Morgan fingerprint density at radius 1 is 1.70 bits per heavy atom. The molecular weight excluding hydrogens is 272 g/mol. The van der Waals surface area contributed by atoms with Gasteiger partial charge in [0, 0.05) is 12.6 Å². The summed E-state index contributed by atoms with van der Waals surface area (Å²) in [5.41, 5.74) is -0.734. The zero-order valence-corrected chi connectivity index (χ0v) is 10.3. The summed E-state index contributed by atoms with van der Waals surface area (Å²) >= 11 is 0. The van der Waals surface area contributed by atoms with Crippen LogP contribution < -0.4 is 16.9 Å². The van der Waals surface area contributed by atoms with Gasteiger partial charge in [-0.2, -0.15) is 10.9 Å². The topological polar surface area (TPSA) is 149 Å². The van der Waals surface area contributed by atoms with E-state index < -0.39 is 30.2 Å². The second-order valence-corrected chi connectivity index (χ2v) is 4.17. The minimum Gasteiger partial charge on any atom is -0.394 e. The summed E-state index contributed by atoms with van der Waals surface area (Å²) in [6.45, 7) is -0.252. The molecule has 1 aromatic rings. The highest BCUT2D eigenvalue weighted by Gasteiger charge is 2.35. The summed E-state index contributed by atoms with van der Waals surface area (Å²) in [6.07, 6.45) is -1.84. The maximum atomic E-state index is 11.8. The minimum absolute atomic E-state index is 0.0482. The van der Waals surface area contributed by atoms with Gasteiger partial charge in [-0.25, -0.2) is 9.59 Å². The summed E-state index contributed by atoms with van der Waals surface area (Å²) in [5, 5.41) is 20.9. The van der Waals surface area contributed by atoms with Gasteiger partial charge in [-0.1, -0.05) is 0 Å².